The minimum atomic E-state index is -0.330. The fourth-order valence-electron chi connectivity index (χ4n) is 2.00. The highest BCUT2D eigenvalue weighted by molar-refractivity contribution is 5.98. The van der Waals surface area contributed by atoms with Crippen LogP contribution >= 0.6 is 0 Å². The van der Waals surface area contributed by atoms with Gasteiger partial charge in [-0.05, 0) is 37.1 Å². The molecule has 4 nitrogen and oxygen atoms in total. The lowest BCUT2D eigenvalue weighted by Crippen LogP contribution is -2.12. The SMILES string of the molecule is CCCn1ncnc1CC(=O)c1ccc(F)cc1C. The molecule has 5 heteroatoms. The van der Waals surface area contributed by atoms with Crippen molar-refractivity contribution in [3.63, 3.8) is 0 Å². The van der Waals surface area contributed by atoms with Gasteiger partial charge in [-0.3, -0.25) is 4.79 Å². The van der Waals surface area contributed by atoms with Crippen LogP contribution < -0.4 is 0 Å². The molecule has 1 aromatic heterocycles. The van der Waals surface area contributed by atoms with Gasteiger partial charge < -0.3 is 0 Å². The van der Waals surface area contributed by atoms with Crippen LogP contribution in [0.3, 0.4) is 0 Å². The number of hydrogen-bond donors (Lipinski definition) is 0. The summed E-state index contributed by atoms with van der Waals surface area (Å²) in [7, 11) is 0. The summed E-state index contributed by atoms with van der Waals surface area (Å²) in [5.74, 6) is 0.252. The Morgan fingerprint density at radius 2 is 2.21 bits per heavy atom. The number of hydrogen-bond acceptors (Lipinski definition) is 3. The lowest BCUT2D eigenvalue weighted by Gasteiger charge is -2.06. The van der Waals surface area contributed by atoms with Gasteiger partial charge in [-0.15, -0.1) is 0 Å². The molecule has 0 unspecified atom stereocenters. The van der Waals surface area contributed by atoms with Crippen molar-refractivity contribution in [1.82, 2.24) is 14.8 Å². The summed E-state index contributed by atoms with van der Waals surface area (Å²) >= 11 is 0. The number of rotatable bonds is 5. The molecule has 2 aromatic rings. The zero-order valence-corrected chi connectivity index (χ0v) is 11.1. The lowest BCUT2D eigenvalue weighted by atomic mass is 10.0. The van der Waals surface area contributed by atoms with Crippen molar-refractivity contribution >= 4 is 5.78 Å². The van der Waals surface area contributed by atoms with Crippen LogP contribution in [0.2, 0.25) is 0 Å². The average molecular weight is 261 g/mol. The van der Waals surface area contributed by atoms with Gasteiger partial charge in [-0.2, -0.15) is 5.10 Å². The minimum absolute atomic E-state index is 0.0668. The summed E-state index contributed by atoms with van der Waals surface area (Å²) in [5.41, 5.74) is 1.18. The first-order chi connectivity index (χ1) is 9.11. The number of ketones is 1. The van der Waals surface area contributed by atoms with Crippen molar-refractivity contribution in [2.24, 2.45) is 0 Å². The zero-order chi connectivity index (χ0) is 13.8. The van der Waals surface area contributed by atoms with E-state index in [0.717, 1.165) is 13.0 Å². The highest BCUT2D eigenvalue weighted by Crippen LogP contribution is 2.13. The molecule has 1 aromatic carbocycles. The fourth-order valence-corrected chi connectivity index (χ4v) is 2.00. The van der Waals surface area contributed by atoms with Gasteiger partial charge in [0.25, 0.3) is 0 Å². The van der Waals surface area contributed by atoms with E-state index in [-0.39, 0.29) is 18.0 Å². The first-order valence-electron chi connectivity index (χ1n) is 6.28. The largest absolute Gasteiger partial charge is 0.294 e. The van der Waals surface area contributed by atoms with Crippen molar-refractivity contribution in [1.29, 1.82) is 0 Å². The van der Waals surface area contributed by atoms with E-state index in [9.17, 15) is 9.18 Å². The smallest absolute Gasteiger partial charge is 0.170 e. The van der Waals surface area contributed by atoms with Crippen LogP contribution in [0.4, 0.5) is 4.39 Å². The van der Waals surface area contributed by atoms with E-state index in [2.05, 4.69) is 10.1 Å². The third-order valence-electron chi connectivity index (χ3n) is 2.94. The molecule has 100 valence electrons. The molecule has 0 bridgehead atoms. The van der Waals surface area contributed by atoms with Crippen molar-refractivity contribution in [3.8, 4) is 0 Å². The van der Waals surface area contributed by atoms with Gasteiger partial charge in [0.05, 0.1) is 6.42 Å². The molecule has 1 heterocycles. The Bertz CT molecular complexity index is 592. The first-order valence-corrected chi connectivity index (χ1v) is 6.28. The average Bonchev–Trinajstić information content (AvgIpc) is 2.77. The predicted octanol–water partition coefficient (Wildman–Crippen LogP) is 2.56. The molecular weight excluding hydrogens is 245 g/mol. The number of benzene rings is 1. The summed E-state index contributed by atoms with van der Waals surface area (Å²) < 4.78 is 14.7. The Kier molecular flexibility index (Phi) is 4.04. The van der Waals surface area contributed by atoms with E-state index in [1.54, 1.807) is 11.6 Å². The number of Topliss-reactive ketones (excluding diaryl/α,β-unsaturated/α-hetero) is 1. The molecule has 0 saturated heterocycles. The number of aryl methyl sites for hydroxylation is 2. The Balaban J connectivity index is 2.18. The number of carbonyl (C=O) groups is 1. The second-order valence-electron chi connectivity index (χ2n) is 4.46. The molecule has 0 aliphatic carbocycles. The number of carbonyl (C=O) groups excluding carboxylic acids is 1. The molecule has 0 spiro atoms. The molecule has 0 radical (unpaired) electrons. The van der Waals surface area contributed by atoms with Gasteiger partial charge in [0.1, 0.15) is 18.0 Å². The molecule has 0 aliphatic rings. The van der Waals surface area contributed by atoms with Crippen LogP contribution in [0.15, 0.2) is 24.5 Å². The van der Waals surface area contributed by atoms with E-state index in [4.69, 9.17) is 0 Å². The summed E-state index contributed by atoms with van der Waals surface area (Å²) in [4.78, 5) is 16.3. The quantitative estimate of drug-likeness (QED) is 0.777. The van der Waals surface area contributed by atoms with E-state index < -0.39 is 0 Å². The molecule has 0 N–H and O–H groups in total. The van der Waals surface area contributed by atoms with Gasteiger partial charge in [-0.1, -0.05) is 6.92 Å². The summed E-state index contributed by atoms with van der Waals surface area (Å²) in [6.07, 6.45) is 2.57. The summed E-state index contributed by atoms with van der Waals surface area (Å²) in [5, 5.41) is 4.08. The zero-order valence-electron chi connectivity index (χ0n) is 11.1. The van der Waals surface area contributed by atoms with Gasteiger partial charge in [-0.25, -0.2) is 14.1 Å². The lowest BCUT2D eigenvalue weighted by molar-refractivity contribution is 0.0988. The number of nitrogens with zero attached hydrogens (tertiary/aromatic N) is 3. The highest BCUT2D eigenvalue weighted by Gasteiger charge is 2.14. The van der Waals surface area contributed by atoms with Crippen LogP contribution in [0, 0.1) is 12.7 Å². The Morgan fingerprint density at radius 3 is 2.89 bits per heavy atom. The molecule has 0 aliphatic heterocycles. The van der Waals surface area contributed by atoms with Crippen molar-refractivity contribution < 1.29 is 9.18 Å². The normalized spacial score (nSPS) is 10.7. The minimum Gasteiger partial charge on any atom is -0.294 e. The topological polar surface area (TPSA) is 47.8 Å². The summed E-state index contributed by atoms with van der Waals surface area (Å²) in [6, 6.07) is 4.19. The van der Waals surface area contributed by atoms with Gasteiger partial charge in [0, 0.05) is 12.1 Å². The first kappa shape index (κ1) is 13.4. The maximum absolute atomic E-state index is 13.0. The Morgan fingerprint density at radius 1 is 1.42 bits per heavy atom. The molecule has 2 rings (SSSR count). The highest BCUT2D eigenvalue weighted by atomic mass is 19.1. The van der Waals surface area contributed by atoms with Gasteiger partial charge >= 0.3 is 0 Å². The fraction of sp³-hybridized carbons (Fsp3) is 0.357. The number of halogens is 1. The third-order valence-corrected chi connectivity index (χ3v) is 2.94. The van der Waals surface area contributed by atoms with Crippen LogP contribution in [0.5, 0.6) is 0 Å². The van der Waals surface area contributed by atoms with E-state index in [1.165, 1.54) is 24.5 Å². The third kappa shape index (κ3) is 3.05. The number of aromatic nitrogens is 3. The van der Waals surface area contributed by atoms with Crippen LogP contribution in [-0.4, -0.2) is 20.5 Å². The van der Waals surface area contributed by atoms with E-state index in [0.29, 0.717) is 17.0 Å². The molecule has 0 amide bonds. The monoisotopic (exact) mass is 261 g/mol. The Labute approximate surface area is 111 Å². The van der Waals surface area contributed by atoms with Gasteiger partial charge in [0.15, 0.2) is 5.78 Å². The van der Waals surface area contributed by atoms with Crippen LogP contribution in [-0.2, 0) is 13.0 Å². The second-order valence-corrected chi connectivity index (χ2v) is 4.46. The maximum atomic E-state index is 13.0. The predicted molar refractivity (Wildman–Crippen MR) is 69.5 cm³/mol. The van der Waals surface area contributed by atoms with Crippen LogP contribution in [0.1, 0.15) is 35.1 Å². The summed E-state index contributed by atoms with van der Waals surface area (Å²) in [6.45, 7) is 4.51. The van der Waals surface area contributed by atoms with Crippen molar-refractivity contribution in [2.45, 2.75) is 33.2 Å². The molecule has 19 heavy (non-hydrogen) atoms. The molecular formula is C14H16FN3O. The van der Waals surface area contributed by atoms with E-state index in [1.807, 2.05) is 6.92 Å². The van der Waals surface area contributed by atoms with Crippen LogP contribution in [0.25, 0.3) is 0 Å². The molecule has 0 saturated carbocycles. The van der Waals surface area contributed by atoms with Crippen molar-refractivity contribution in [2.75, 3.05) is 0 Å². The standard InChI is InChI=1S/C14H16FN3O/c1-3-6-18-14(16-9-17-18)8-13(19)12-5-4-11(15)7-10(12)2/h4-5,7,9H,3,6,8H2,1-2H3. The molecule has 0 fully saturated rings. The maximum Gasteiger partial charge on any atom is 0.170 e. The second kappa shape index (κ2) is 5.73. The van der Waals surface area contributed by atoms with Crippen molar-refractivity contribution in [3.05, 3.63) is 47.3 Å². The Hall–Kier alpha value is -2.04. The van der Waals surface area contributed by atoms with E-state index >= 15 is 0 Å². The molecule has 0 atom stereocenters. The van der Waals surface area contributed by atoms with Gasteiger partial charge in [0.2, 0.25) is 0 Å².